The molecule has 27 heavy (non-hydrogen) atoms. The van der Waals surface area contributed by atoms with Gasteiger partial charge in [0.2, 0.25) is 5.91 Å². The predicted molar refractivity (Wildman–Crippen MR) is 102 cm³/mol. The van der Waals surface area contributed by atoms with Crippen molar-refractivity contribution in [3.05, 3.63) is 45.9 Å². The molecule has 140 valence electrons. The molecule has 0 bridgehead atoms. The lowest BCUT2D eigenvalue weighted by Crippen LogP contribution is -2.42. The van der Waals surface area contributed by atoms with Gasteiger partial charge in [-0.3, -0.25) is 9.59 Å². The van der Waals surface area contributed by atoms with Crippen LogP contribution in [-0.4, -0.2) is 45.7 Å². The average Bonchev–Trinajstić information content (AvgIpc) is 3.08. The fourth-order valence-corrected chi connectivity index (χ4v) is 4.90. The number of nitrogens with one attached hydrogen (secondary N) is 1. The van der Waals surface area contributed by atoms with Crippen LogP contribution < -0.4 is 0 Å². The molecule has 3 heterocycles. The second kappa shape index (κ2) is 6.86. The number of amides is 2. The fourth-order valence-electron chi connectivity index (χ4n) is 4.24. The number of nitriles is 1. The van der Waals surface area contributed by atoms with E-state index in [1.165, 1.54) is 5.56 Å². The van der Waals surface area contributed by atoms with E-state index in [1.807, 2.05) is 21.2 Å². The van der Waals surface area contributed by atoms with Crippen LogP contribution in [0.4, 0.5) is 0 Å². The molecule has 2 aromatic heterocycles. The van der Waals surface area contributed by atoms with E-state index in [9.17, 15) is 9.59 Å². The van der Waals surface area contributed by atoms with Crippen LogP contribution in [0.5, 0.6) is 0 Å². The first-order chi connectivity index (χ1) is 13.0. The lowest BCUT2D eigenvalue weighted by Gasteiger charge is -2.34. The highest BCUT2D eigenvalue weighted by atomic mass is 32.1. The molecule has 2 aliphatic rings. The SMILES string of the molecule is CC(=O)N(Cc1ccsc1)[C@@H]1CC12CCN(C(=O)c1c[nH]c(C#N)c1)CC2. The van der Waals surface area contributed by atoms with E-state index in [0.29, 0.717) is 30.9 Å². The number of hydrogen-bond donors (Lipinski definition) is 1. The monoisotopic (exact) mass is 382 g/mol. The molecule has 1 aliphatic carbocycles. The lowest BCUT2D eigenvalue weighted by atomic mass is 9.92. The molecule has 0 aromatic carbocycles. The first-order valence-electron chi connectivity index (χ1n) is 9.18. The summed E-state index contributed by atoms with van der Waals surface area (Å²) in [4.78, 5) is 31.5. The zero-order valence-corrected chi connectivity index (χ0v) is 16.1. The second-order valence-electron chi connectivity index (χ2n) is 7.57. The molecule has 0 unspecified atom stereocenters. The predicted octanol–water partition coefficient (Wildman–Crippen LogP) is 2.99. The molecule has 4 rings (SSSR count). The molecule has 0 radical (unpaired) electrons. The number of hydrogen-bond acceptors (Lipinski definition) is 4. The van der Waals surface area contributed by atoms with Crippen molar-refractivity contribution < 1.29 is 9.59 Å². The number of likely N-dealkylation sites (tertiary alicyclic amines) is 1. The second-order valence-corrected chi connectivity index (χ2v) is 8.35. The number of aromatic amines is 1. The third-order valence-electron chi connectivity index (χ3n) is 5.96. The fraction of sp³-hybridized carbons (Fsp3) is 0.450. The zero-order chi connectivity index (χ0) is 19.0. The quantitative estimate of drug-likeness (QED) is 0.883. The molecule has 6 nitrogen and oxygen atoms in total. The number of piperidine rings is 1. The Morgan fingerprint density at radius 3 is 2.81 bits per heavy atom. The minimum atomic E-state index is -0.0264. The van der Waals surface area contributed by atoms with Gasteiger partial charge in [-0.25, -0.2) is 0 Å². The van der Waals surface area contributed by atoms with Crippen molar-refractivity contribution in [2.24, 2.45) is 5.41 Å². The Morgan fingerprint density at radius 2 is 2.22 bits per heavy atom. The number of nitrogens with zero attached hydrogens (tertiary/aromatic N) is 3. The Kier molecular flexibility index (Phi) is 4.52. The average molecular weight is 382 g/mol. The Hall–Kier alpha value is -2.59. The van der Waals surface area contributed by atoms with E-state index in [2.05, 4.69) is 16.4 Å². The van der Waals surface area contributed by atoms with Gasteiger partial charge in [0.25, 0.3) is 5.91 Å². The van der Waals surface area contributed by atoms with Gasteiger partial charge in [-0.15, -0.1) is 0 Å². The van der Waals surface area contributed by atoms with Crippen LogP contribution in [-0.2, 0) is 11.3 Å². The topological polar surface area (TPSA) is 80.2 Å². The Bertz CT molecular complexity index is 887. The van der Waals surface area contributed by atoms with Crippen molar-refractivity contribution in [1.82, 2.24) is 14.8 Å². The normalized spacial score (nSPS) is 20.3. The van der Waals surface area contributed by atoms with Gasteiger partial charge in [0.05, 0.1) is 5.56 Å². The van der Waals surface area contributed by atoms with Crippen molar-refractivity contribution in [2.45, 2.75) is 38.8 Å². The summed E-state index contributed by atoms with van der Waals surface area (Å²) < 4.78 is 0. The molecule has 7 heteroatoms. The molecule has 2 aromatic rings. The van der Waals surface area contributed by atoms with Crippen LogP contribution in [0.3, 0.4) is 0 Å². The van der Waals surface area contributed by atoms with Crippen molar-refractivity contribution in [1.29, 1.82) is 5.26 Å². The molecule has 1 spiro atoms. The van der Waals surface area contributed by atoms with E-state index < -0.39 is 0 Å². The third kappa shape index (κ3) is 3.37. The summed E-state index contributed by atoms with van der Waals surface area (Å²) in [5, 5.41) is 13.0. The van der Waals surface area contributed by atoms with Gasteiger partial charge < -0.3 is 14.8 Å². The maximum Gasteiger partial charge on any atom is 0.255 e. The molecule has 1 aliphatic heterocycles. The lowest BCUT2D eigenvalue weighted by molar-refractivity contribution is -0.130. The Morgan fingerprint density at radius 1 is 1.44 bits per heavy atom. The van der Waals surface area contributed by atoms with Gasteiger partial charge in [0, 0.05) is 38.8 Å². The van der Waals surface area contributed by atoms with Crippen molar-refractivity contribution in [3.8, 4) is 6.07 Å². The minimum Gasteiger partial charge on any atom is -0.352 e. The molecule has 1 saturated heterocycles. The van der Waals surface area contributed by atoms with Gasteiger partial charge in [-0.2, -0.15) is 16.6 Å². The molecule has 2 amide bonds. The molecular weight excluding hydrogens is 360 g/mol. The van der Waals surface area contributed by atoms with Crippen LogP contribution in [0.2, 0.25) is 0 Å². The van der Waals surface area contributed by atoms with Gasteiger partial charge in [-0.05, 0) is 53.1 Å². The summed E-state index contributed by atoms with van der Waals surface area (Å²) in [6, 6.07) is 5.97. The largest absolute Gasteiger partial charge is 0.352 e. The number of aromatic nitrogens is 1. The van der Waals surface area contributed by atoms with Crippen LogP contribution in [0.1, 0.15) is 47.8 Å². The molecule has 1 N–H and O–H groups in total. The first kappa shape index (κ1) is 17.8. The molecule has 2 fully saturated rings. The minimum absolute atomic E-state index is 0.0264. The number of carbonyl (C=O) groups excluding carboxylic acids is 2. The summed E-state index contributed by atoms with van der Waals surface area (Å²) in [6.07, 6.45) is 4.48. The summed E-state index contributed by atoms with van der Waals surface area (Å²) >= 11 is 1.65. The highest BCUT2D eigenvalue weighted by molar-refractivity contribution is 7.07. The number of carbonyl (C=O) groups is 2. The van der Waals surface area contributed by atoms with Gasteiger partial charge in [-0.1, -0.05) is 0 Å². The van der Waals surface area contributed by atoms with E-state index in [1.54, 1.807) is 30.5 Å². The highest BCUT2D eigenvalue weighted by Gasteiger charge is 2.58. The van der Waals surface area contributed by atoms with Crippen molar-refractivity contribution in [2.75, 3.05) is 13.1 Å². The van der Waals surface area contributed by atoms with Gasteiger partial charge >= 0.3 is 0 Å². The van der Waals surface area contributed by atoms with Crippen molar-refractivity contribution >= 4 is 23.2 Å². The van der Waals surface area contributed by atoms with Crippen LogP contribution >= 0.6 is 11.3 Å². The van der Waals surface area contributed by atoms with Gasteiger partial charge in [0.1, 0.15) is 11.8 Å². The standard InChI is InChI=1S/C20H22N4O2S/c1-14(25)24(12-15-2-7-27-13-15)18-9-20(18)3-5-23(6-4-20)19(26)16-8-17(10-21)22-11-16/h2,7-8,11,13,18,22H,3-6,9,12H2,1H3/t18-/m1/s1. The molecule has 1 atom stereocenters. The van der Waals surface area contributed by atoms with Crippen LogP contribution in [0.25, 0.3) is 0 Å². The maximum atomic E-state index is 12.6. The Labute approximate surface area is 162 Å². The number of H-pyrrole nitrogens is 1. The van der Waals surface area contributed by atoms with E-state index >= 15 is 0 Å². The van der Waals surface area contributed by atoms with E-state index in [-0.39, 0.29) is 23.3 Å². The Balaban J connectivity index is 1.38. The first-order valence-corrected chi connectivity index (χ1v) is 10.1. The van der Waals surface area contributed by atoms with Crippen LogP contribution in [0.15, 0.2) is 29.1 Å². The van der Waals surface area contributed by atoms with E-state index in [4.69, 9.17) is 5.26 Å². The number of rotatable bonds is 4. The smallest absolute Gasteiger partial charge is 0.255 e. The molecule has 1 saturated carbocycles. The molecular formula is C20H22N4O2S. The van der Waals surface area contributed by atoms with Crippen molar-refractivity contribution in [3.63, 3.8) is 0 Å². The number of thiophene rings is 1. The summed E-state index contributed by atoms with van der Waals surface area (Å²) in [5.74, 6) is 0.0967. The van der Waals surface area contributed by atoms with Gasteiger partial charge in [0.15, 0.2) is 0 Å². The summed E-state index contributed by atoms with van der Waals surface area (Å²) in [5.41, 5.74) is 2.29. The third-order valence-corrected chi connectivity index (χ3v) is 6.69. The zero-order valence-electron chi connectivity index (χ0n) is 15.3. The maximum absolute atomic E-state index is 12.6. The summed E-state index contributed by atoms with van der Waals surface area (Å²) in [7, 11) is 0. The van der Waals surface area contributed by atoms with Crippen LogP contribution in [0, 0.1) is 16.7 Å². The summed E-state index contributed by atoms with van der Waals surface area (Å²) in [6.45, 7) is 3.73. The van der Waals surface area contributed by atoms with E-state index in [0.717, 1.165) is 19.3 Å². The highest BCUT2D eigenvalue weighted by Crippen LogP contribution is 2.57.